The van der Waals surface area contributed by atoms with Gasteiger partial charge in [0.25, 0.3) is 0 Å². The van der Waals surface area contributed by atoms with Crippen LogP contribution in [0.4, 0.5) is 39.1 Å². The molecule has 388 valence electrons. The number of aromatic nitrogens is 3. The highest BCUT2D eigenvalue weighted by Gasteiger charge is 2.57. The lowest BCUT2D eigenvalue weighted by atomic mass is 9.55. The van der Waals surface area contributed by atoms with Crippen LogP contribution >= 0.6 is 0 Å². The van der Waals surface area contributed by atoms with E-state index in [1.807, 2.05) is 16.7 Å². The maximum absolute atomic E-state index is 17.1. The van der Waals surface area contributed by atoms with Crippen LogP contribution in [-0.4, -0.2) is 136 Å². The molecule has 6 fully saturated rings. The van der Waals surface area contributed by atoms with Crippen molar-refractivity contribution in [1.82, 2.24) is 30.1 Å². The van der Waals surface area contributed by atoms with E-state index in [-0.39, 0.29) is 58.8 Å². The van der Waals surface area contributed by atoms with Crippen molar-refractivity contribution in [1.29, 1.82) is 0 Å². The van der Waals surface area contributed by atoms with E-state index in [4.69, 9.17) is 9.72 Å². The van der Waals surface area contributed by atoms with Crippen molar-refractivity contribution < 1.29 is 46.5 Å². The number of piperidine rings is 3. The fourth-order valence-corrected chi connectivity index (χ4v) is 12.6. The lowest BCUT2D eigenvalue weighted by Gasteiger charge is -2.57. The van der Waals surface area contributed by atoms with Crippen LogP contribution in [0.25, 0.3) is 32.9 Å². The Balaban J connectivity index is 0.712. The van der Waals surface area contributed by atoms with E-state index in [0.717, 1.165) is 45.3 Å². The number of anilines is 3. The third-order valence-corrected chi connectivity index (χ3v) is 16.5. The van der Waals surface area contributed by atoms with Crippen molar-refractivity contribution in [3.63, 3.8) is 0 Å². The number of hydrogen-bond donors (Lipinski definition) is 4. The fourth-order valence-electron chi connectivity index (χ4n) is 12.6. The first kappa shape index (κ1) is 49.3. The first-order chi connectivity index (χ1) is 34.9. The minimum atomic E-state index is -1.30. The summed E-state index contributed by atoms with van der Waals surface area (Å²) < 4.78 is 85.5. The van der Waals surface area contributed by atoms with Gasteiger partial charge in [0.1, 0.15) is 46.0 Å². The molecule has 6 heterocycles. The summed E-state index contributed by atoms with van der Waals surface area (Å²) >= 11 is 0. The Bertz CT molecular complexity index is 2960. The SMILES string of the molecule is CCc1c(F)ccc2cc(O)cc(-c3ncc4c(N5CCC[C@@](C)(O)C5)nc(OCC5(CN6CCC7(CC6)CC(F)(CN6CCN(c8cc(F)c(NC9CCC(=O)NC9=O)c(F)c8)CC6)C7)CC5)nc4c3F)c12. The van der Waals surface area contributed by atoms with Gasteiger partial charge in [-0.15, -0.1) is 0 Å². The third kappa shape index (κ3) is 9.84. The number of nitrogens with one attached hydrogen (secondary N) is 2. The highest BCUT2D eigenvalue weighted by atomic mass is 19.2. The molecule has 0 bridgehead atoms. The Morgan fingerprint density at radius 3 is 2.27 bits per heavy atom. The topological polar surface area (TPSA) is 160 Å². The lowest BCUT2D eigenvalue weighted by molar-refractivity contribution is -0.133. The van der Waals surface area contributed by atoms with Crippen LogP contribution in [0.5, 0.6) is 11.8 Å². The molecule has 1 unspecified atom stereocenters. The number of imide groups is 1. The zero-order valence-electron chi connectivity index (χ0n) is 41.3. The number of ether oxygens (including phenoxy) is 1. The second-order valence-electron chi connectivity index (χ2n) is 22.3. The second kappa shape index (κ2) is 18.8. The standard InChI is InChI=1S/C54H62F5N9O5/c1-3-35-38(55)6-5-32-21-34(69)24-36(43(32)35)45-44(58)46-37(25-60-45)48(68-14-4-9-51(2,72)28-68)64-50(63-46)73-31-53(10-11-53)29-65-15-12-52(13-16-65)26-54(59,27-52)30-66-17-19-67(20-18-66)33-22-39(56)47(40(57)23-33)61-41-7-8-42(70)62-49(41)71/h5-6,21-25,41,61,69,72H,3-4,7-20,26-31H2,1-2H3,(H,62,70,71)/t41?,51-/m1/s1. The summed E-state index contributed by atoms with van der Waals surface area (Å²) in [7, 11) is 0. The average Bonchev–Trinajstić information content (AvgIpc) is 4.12. The molecule has 2 saturated carbocycles. The van der Waals surface area contributed by atoms with Crippen LogP contribution in [0.1, 0.15) is 83.6 Å². The maximum atomic E-state index is 17.1. The molecule has 0 radical (unpaired) electrons. The summed E-state index contributed by atoms with van der Waals surface area (Å²) in [6.07, 6.45) is 8.01. The second-order valence-corrected chi connectivity index (χ2v) is 22.3. The molecule has 2 aliphatic carbocycles. The number of carbonyl (C=O) groups excluding carboxylic acids is 2. The number of aryl methyl sites for hydroxylation is 1. The number of halogens is 5. The largest absolute Gasteiger partial charge is 0.508 e. The number of likely N-dealkylation sites (tertiary alicyclic amines) is 1. The van der Waals surface area contributed by atoms with Gasteiger partial charge in [-0.25, -0.2) is 22.0 Å². The van der Waals surface area contributed by atoms with Crippen LogP contribution in [0.15, 0.2) is 42.6 Å². The van der Waals surface area contributed by atoms with Crippen molar-refractivity contribution in [2.45, 2.75) is 102 Å². The molecule has 3 aromatic carbocycles. The van der Waals surface area contributed by atoms with Crippen LogP contribution in [0.3, 0.4) is 0 Å². The zero-order valence-corrected chi connectivity index (χ0v) is 41.3. The fraction of sp³-hybridized carbons (Fsp3) is 0.537. The summed E-state index contributed by atoms with van der Waals surface area (Å²) in [5.74, 6) is -3.60. The number of aromatic hydroxyl groups is 1. The number of fused-ring (bicyclic) bond motifs is 2. The van der Waals surface area contributed by atoms with Gasteiger partial charge in [-0.2, -0.15) is 9.97 Å². The molecule has 11 rings (SSSR count). The number of phenols is 1. The van der Waals surface area contributed by atoms with Gasteiger partial charge in [0.05, 0.1) is 17.6 Å². The summed E-state index contributed by atoms with van der Waals surface area (Å²) in [6, 6.07) is 7.39. The number of β-amino-alcohol motifs (C(OH)–C–C–N with tert-alkyl or cyclic N) is 1. The van der Waals surface area contributed by atoms with E-state index in [9.17, 15) is 19.8 Å². The molecule has 4 aliphatic heterocycles. The molecular formula is C54H62F5N9O5. The Labute approximate surface area is 420 Å². The summed E-state index contributed by atoms with van der Waals surface area (Å²) in [5.41, 5.74) is -2.03. The predicted octanol–water partition coefficient (Wildman–Crippen LogP) is 7.80. The predicted molar refractivity (Wildman–Crippen MR) is 266 cm³/mol. The number of carbonyl (C=O) groups is 2. The average molecular weight is 1010 g/mol. The van der Waals surface area contributed by atoms with Gasteiger partial charge in [-0.3, -0.25) is 24.8 Å². The van der Waals surface area contributed by atoms with Gasteiger partial charge in [0, 0.05) is 81.6 Å². The van der Waals surface area contributed by atoms with Crippen molar-refractivity contribution in [2.24, 2.45) is 10.8 Å². The molecule has 6 aliphatic rings. The monoisotopic (exact) mass is 1010 g/mol. The maximum Gasteiger partial charge on any atom is 0.319 e. The van der Waals surface area contributed by atoms with Gasteiger partial charge >= 0.3 is 6.01 Å². The zero-order chi connectivity index (χ0) is 51.0. The molecule has 5 aromatic rings. The first-order valence-electron chi connectivity index (χ1n) is 25.8. The molecule has 2 aromatic heterocycles. The summed E-state index contributed by atoms with van der Waals surface area (Å²) in [4.78, 5) is 46.0. The van der Waals surface area contributed by atoms with Crippen LogP contribution in [0, 0.1) is 34.1 Å². The number of rotatable bonds is 13. The summed E-state index contributed by atoms with van der Waals surface area (Å²) in [6.45, 7) is 9.57. The van der Waals surface area contributed by atoms with Crippen molar-refractivity contribution in [2.75, 3.05) is 87.2 Å². The molecule has 4 saturated heterocycles. The number of aliphatic hydroxyl groups is 1. The van der Waals surface area contributed by atoms with Crippen LogP contribution < -0.4 is 25.2 Å². The Kier molecular flexibility index (Phi) is 12.7. The number of amides is 2. The lowest BCUT2D eigenvalue weighted by Crippen LogP contribution is -2.60. The molecule has 4 N–H and O–H groups in total. The van der Waals surface area contributed by atoms with E-state index in [0.29, 0.717) is 111 Å². The summed E-state index contributed by atoms with van der Waals surface area (Å²) in [5, 5.41) is 28.0. The van der Waals surface area contributed by atoms with Gasteiger partial charge in [-0.05, 0) is 136 Å². The molecule has 2 atom stereocenters. The molecule has 19 heteroatoms. The molecule has 1 spiro atoms. The van der Waals surface area contributed by atoms with Crippen molar-refractivity contribution in [3.8, 4) is 23.0 Å². The molecular weight excluding hydrogens is 950 g/mol. The highest BCUT2D eigenvalue weighted by molar-refractivity contribution is 6.02. The van der Waals surface area contributed by atoms with Crippen molar-refractivity contribution in [3.05, 3.63) is 71.4 Å². The molecule has 2 amide bonds. The highest BCUT2D eigenvalue weighted by Crippen LogP contribution is 2.58. The smallest absolute Gasteiger partial charge is 0.319 e. The molecule has 14 nitrogen and oxygen atoms in total. The Hall–Kier alpha value is -5.92. The Morgan fingerprint density at radius 1 is 0.863 bits per heavy atom. The van der Waals surface area contributed by atoms with E-state index < -0.39 is 58.1 Å². The van der Waals surface area contributed by atoms with Gasteiger partial charge < -0.3 is 35.0 Å². The number of pyridine rings is 1. The van der Waals surface area contributed by atoms with E-state index >= 15 is 22.0 Å². The van der Waals surface area contributed by atoms with E-state index in [1.54, 1.807) is 13.0 Å². The number of nitrogens with zero attached hydrogens (tertiary/aromatic N) is 7. The third-order valence-electron chi connectivity index (χ3n) is 16.5. The first-order valence-corrected chi connectivity index (χ1v) is 25.8. The van der Waals surface area contributed by atoms with Crippen molar-refractivity contribution >= 4 is 50.7 Å². The molecule has 73 heavy (non-hydrogen) atoms. The number of alkyl halides is 1. The van der Waals surface area contributed by atoms with Gasteiger partial charge in [0.2, 0.25) is 11.8 Å². The quantitative estimate of drug-likeness (QED) is 0.0670. The Morgan fingerprint density at radius 2 is 1.59 bits per heavy atom. The number of piperazine rings is 1. The number of phenolic OH excluding ortho intramolecular Hbond substituents is 1. The van der Waals surface area contributed by atoms with Crippen LogP contribution in [-0.2, 0) is 16.0 Å². The van der Waals surface area contributed by atoms with Gasteiger partial charge in [-0.1, -0.05) is 13.0 Å². The number of benzene rings is 3. The van der Waals surface area contributed by atoms with E-state index in [2.05, 4.69) is 30.4 Å². The van der Waals surface area contributed by atoms with E-state index in [1.165, 1.54) is 36.5 Å². The normalized spacial score (nSPS) is 24.0. The minimum Gasteiger partial charge on any atom is -0.508 e. The minimum absolute atomic E-state index is 0.00176. The number of hydrogen-bond acceptors (Lipinski definition) is 13. The van der Waals surface area contributed by atoms with Gasteiger partial charge in [0.15, 0.2) is 17.5 Å². The van der Waals surface area contributed by atoms with Crippen LogP contribution in [0.2, 0.25) is 0 Å².